The van der Waals surface area contributed by atoms with Crippen LogP contribution in [0.5, 0.6) is 0 Å². The topological polar surface area (TPSA) is 38.3 Å². The van der Waals surface area contributed by atoms with Crippen LogP contribution in [0.25, 0.3) is 6.08 Å². The first-order valence-corrected chi connectivity index (χ1v) is 8.83. The third kappa shape index (κ3) is 4.58. The highest BCUT2D eigenvalue weighted by Crippen LogP contribution is 2.32. The molecule has 25 heavy (non-hydrogen) atoms. The van der Waals surface area contributed by atoms with E-state index in [0.29, 0.717) is 6.04 Å². The van der Waals surface area contributed by atoms with Crippen molar-refractivity contribution in [3.05, 3.63) is 76.4 Å². The van der Waals surface area contributed by atoms with Gasteiger partial charge < -0.3 is 10.1 Å². The molecule has 1 aliphatic rings. The Hall–Kier alpha value is -2.39. The standard InChI is InChI=1S/C22H25NO2/c1-16-3-5-17(6-4-16)13-14-23-21-11-9-19-15-18(7-10-20(19)21)8-12-22(24)25-2/h3-8,10,12,15,21,23H,9,11,13-14H2,1-2H3. The highest BCUT2D eigenvalue weighted by Gasteiger charge is 2.21. The minimum absolute atomic E-state index is 0.323. The van der Waals surface area contributed by atoms with Gasteiger partial charge in [0.1, 0.15) is 0 Å². The van der Waals surface area contributed by atoms with Crippen LogP contribution in [0.15, 0.2) is 48.5 Å². The van der Waals surface area contributed by atoms with Crippen LogP contribution in [0, 0.1) is 6.92 Å². The predicted octanol–water partition coefficient (Wildman–Crippen LogP) is 4.00. The number of carbonyl (C=O) groups is 1. The fraction of sp³-hybridized carbons (Fsp3) is 0.318. The first kappa shape index (κ1) is 17.4. The number of hydrogen-bond donors (Lipinski definition) is 1. The Morgan fingerprint density at radius 1 is 1.24 bits per heavy atom. The lowest BCUT2D eigenvalue weighted by molar-refractivity contribution is -0.134. The molecule has 3 rings (SSSR count). The second-order valence-electron chi connectivity index (χ2n) is 6.60. The maximum absolute atomic E-state index is 11.2. The number of carbonyl (C=O) groups excluding carboxylic acids is 1. The van der Waals surface area contributed by atoms with E-state index in [1.54, 1.807) is 0 Å². The van der Waals surface area contributed by atoms with Crippen molar-refractivity contribution in [2.24, 2.45) is 0 Å². The van der Waals surface area contributed by atoms with Crippen LogP contribution in [-0.2, 0) is 22.4 Å². The molecule has 1 N–H and O–H groups in total. The van der Waals surface area contributed by atoms with E-state index in [1.165, 1.54) is 35.4 Å². The molecule has 1 atom stereocenters. The van der Waals surface area contributed by atoms with E-state index < -0.39 is 0 Å². The molecule has 0 amide bonds. The Morgan fingerprint density at radius 2 is 2.04 bits per heavy atom. The summed E-state index contributed by atoms with van der Waals surface area (Å²) in [4.78, 5) is 11.2. The number of benzene rings is 2. The van der Waals surface area contributed by atoms with Crippen molar-refractivity contribution in [3.63, 3.8) is 0 Å². The zero-order chi connectivity index (χ0) is 17.6. The van der Waals surface area contributed by atoms with Gasteiger partial charge in [0.2, 0.25) is 0 Å². The van der Waals surface area contributed by atoms with Gasteiger partial charge in [-0.15, -0.1) is 0 Å². The zero-order valence-corrected chi connectivity index (χ0v) is 14.9. The normalized spacial score (nSPS) is 16.2. The van der Waals surface area contributed by atoms with E-state index in [0.717, 1.165) is 31.4 Å². The Kier molecular flexibility index (Phi) is 5.67. The number of ether oxygens (including phenoxy) is 1. The van der Waals surface area contributed by atoms with E-state index in [1.807, 2.05) is 6.08 Å². The quantitative estimate of drug-likeness (QED) is 0.640. The molecule has 3 heteroatoms. The molecule has 0 aromatic heterocycles. The minimum atomic E-state index is -0.323. The lowest BCUT2D eigenvalue weighted by Crippen LogP contribution is -2.21. The van der Waals surface area contributed by atoms with Gasteiger partial charge in [0.25, 0.3) is 0 Å². The number of aryl methyl sites for hydroxylation is 2. The summed E-state index contributed by atoms with van der Waals surface area (Å²) >= 11 is 0. The van der Waals surface area contributed by atoms with Gasteiger partial charge in [-0.05, 0) is 61.1 Å². The van der Waals surface area contributed by atoms with Gasteiger partial charge >= 0.3 is 5.97 Å². The maximum Gasteiger partial charge on any atom is 0.330 e. The SMILES string of the molecule is COC(=O)C=Cc1ccc2c(c1)CCC2NCCc1ccc(C)cc1. The smallest absolute Gasteiger partial charge is 0.330 e. The molecular formula is C22H25NO2. The summed E-state index contributed by atoms with van der Waals surface area (Å²) in [5, 5.41) is 3.69. The van der Waals surface area contributed by atoms with Crippen molar-refractivity contribution >= 4 is 12.0 Å². The first-order valence-electron chi connectivity index (χ1n) is 8.83. The van der Waals surface area contributed by atoms with Crippen LogP contribution in [0.3, 0.4) is 0 Å². The van der Waals surface area contributed by atoms with Crippen molar-refractivity contribution < 1.29 is 9.53 Å². The molecule has 130 valence electrons. The van der Waals surface area contributed by atoms with Crippen molar-refractivity contribution in [3.8, 4) is 0 Å². The lowest BCUT2D eigenvalue weighted by Gasteiger charge is -2.14. The molecule has 0 aliphatic heterocycles. The van der Waals surface area contributed by atoms with Crippen molar-refractivity contribution in [1.82, 2.24) is 5.32 Å². The van der Waals surface area contributed by atoms with Gasteiger partial charge in [-0.2, -0.15) is 0 Å². The van der Waals surface area contributed by atoms with E-state index in [4.69, 9.17) is 0 Å². The van der Waals surface area contributed by atoms with Gasteiger partial charge in [0.15, 0.2) is 0 Å². The monoisotopic (exact) mass is 335 g/mol. The molecule has 3 nitrogen and oxygen atoms in total. The van der Waals surface area contributed by atoms with Crippen LogP contribution in [-0.4, -0.2) is 19.6 Å². The summed E-state index contributed by atoms with van der Waals surface area (Å²) in [7, 11) is 1.39. The molecule has 1 unspecified atom stereocenters. The Balaban J connectivity index is 1.57. The molecule has 0 fully saturated rings. The third-order valence-corrected chi connectivity index (χ3v) is 4.78. The zero-order valence-electron chi connectivity index (χ0n) is 14.9. The number of rotatable bonds is 6. The van der Waals surface area contributed by atoms with E-state index in [2.05, 4.69) is 59.4 Å². The van der Waals surface area contributed by atoms with Crippen LogP contribution >= 0.6 is 0 Å². The molecule has 0 spiro atoms. The largest absolute Gasteiger partial charge is 0.466 e. The van der Waals surface area contributed by atoms with Crippen LogP contribution in [0.4, 0.5) is 0 Å². The number of esters is 1. The molecule has 0 saturated heterocycles. The summed E-state index contributed by atoms with van der Waals surface area (Å²) in [5.74, 6) is -0.323. The van der Waals surface area contributed by atoms with Crippen LogP contribution in [0.1, 0.15) is 40.3 Å². The average Bonchev–Trinajstić information content (AvgIpc) is 3.03. The molecule has 2 aromatic rings. The van der Waals surface area contributed by atoms with E-state index in [9.17, 15) is 4.79 Å². The fourth-order valence-corrected chi connectivity index (χ4v) is 3.33. The van der Waals surface area contributed by atoms with Crippen LogP contribution in [0.2, 0.25) is 0 Å². The van der Waals surface area contributed by atoms with E-state index >= 15 is 0 Å². The summed E-state index contributed by atoms with van der Waals surface area (Å²) in [6.07, 6.45) is 6.54. The molecular weight excluding hydrogens is 310 g/mol. The summed E-state index contributed by atoms with van der Waals surface area (Å²) < 4.78 is 4.63. The summed E-state index contributed by atoms with van der Waals surface area (Å²) in [5.41, 5.74) is 6.49. The molecule has 0 saturated carbocycles. The molecule has 2 aromatic carbocycles. The van der Waals surface area contributed by atoms with Crippen molar-refractivity contribution in [2.45, 2.75) is 32.2 Å². The molecule has 1 aliphatic carbocycles. The summed E-state index contributed by atoms with van der Waals surface area (Å²) in [6, 6.07) is 15.6. The molecule has 0 radical (unpaired) electrons. The van der Waals surface area contributed by atoms with Gasteiger partial charge in [-0.3, -0.25) is 0 Å². The second-order valence-corrected chi connectivity index (χ2v) is 6.60. The minimum Gasteiger partial charge on any atom is -0.466 e. The van der Waals surface area contributed by atoms with E-state index in [-0.39, 0.29) is 5.97 Å². The summed E-state index contributed by atoms with van der Waals surface area (Å²) in [6.45, 7) is 3.10. The Morgan fingerprint density at radius 3 is 2.80 bits per heavy atom. The number of nitrogens with one attached hydrogen (secondary N) is 1. The van der Waals surface area contributed by atoms with Crippen LogP contribution < -0.4 is 5.32 Å². The van der Waals surface area contributed by atoms with Gasteiger partial charge in [-0.1, -0.05) is 48.0 Å². The number of hydrogen-bond acceptors (Lipinski definition) is 3. The lowest BCUT2D eigenvalue weighted by atomic mass is 10.0. The second kappa shape index (κ2) is 8.13. The first-order chi connectivity index (χ1) is 12.2. The van der Waals surface area contributed by atoms with Crippen molar-refractivity contribution in [2.75, 3.05) is 13.7 Å². The average molecular weight is 335 g/mol. The van der Waals surface area contributed by atoms with Gasteiger partial charge in [0.05, 0.1) is 7.11 Å². The Bertz CT molecular complexity index is 762. The highest BCUT2D eigenvalue weighted by atomic mass is 16.5. The van der Waals surface area contributed by atoms with Crippen molar-refractivity contribution in [1.29, 1.82) is 0 Å². The Labute approximate surface area is 149 Å². The van der Waals surface area contributed by atoms with Gasteiger partial charge in [0, 0.05) is 12.1 Å². The predicted molar refractivity (Wildman–Crippen MR) is 101 cm³/mol. The number of methoxy groups -OCH3 is 1. The van der Waals surface area contributed by atoms with Gasteiger partial charge in [-0.25, -0.2) is 4.79 Å². The molecule has 0 heterocycles. The number of fused-ring (bicyclic) bond motifs is 1. The maximum atomic E-state index is 11.2. The highest BCUT2D eigenvalue weighted by molar-refractivity contribution is 5.86. The molecule has 0 bridgehead atoms. The fourth-order valence-electron chi connectivity index (χ4n) is 3.33. The third-order valence-electron chi connectivity index (χ3n) is 4.78.